The number of methoxy groups -OCH3 is 1. The molecule has 0 aliphatic heterocycles. The summed E-state index contributed by atoms with van der Waals surface area (Å²) < 4.78 is 10.3. The van der Waals surface area contributed by atoms with E-state index >= 15 is 0 Å². The Morgan fingerprint density at radius 3 is 2.68 bits per heavy atom. The summed E-state index contributed by atoms with van der Waals surface area (Å²) in [5, 5.41) is 3.48. The van der Waals surface area contributed by atoms with E-state index in [0.717, 1.165) is 29.5 Å². The molecule has 1 amide bonds. The lowest BCUT2D eigenvalue weighted by atomic mass is 10.1. The van der Waals surface area contributed by atoms with Gasteiger partial charge in [0.2, 0.25) is 0 Å². The number of carbonyl (C=O) groups excluding carboxylic acids is 2. The highest BCUT2D eigenvalue weighted by atomic mass is 32.1. The number of hydrogen-bond donors (Lipinski definition) is 2. The molecule has 3 N–H and O–H groups in total. The van der Waals surface area contributed by atoms with Gasteiger partial charge in [0.25, 0.3) is 5.91 Å². The molecule has 0 saturated heterocycles. The van der Waals surface area contributed by atoms with E-state index in [4.69, 9.17) is 15.2 Å². The fraction of sp³-hybridized carbons (Fsp3) is 0.364. The average molecular weight is 441 g/mol. The van der Waals surface area contributed by atoms with Crippen LogP contribution >= 0.6 is 11.3 Å². The number of nitrogens with two attached hydrogens (primary N) is 1. The summed E-state index contributed by atoms with van der Waals surface area (Å²) in [4.78, 5) is 35.3. The van der Waals surface area contributed by atoms with Crippen LogP contribution in [-0.2, 0) is 29.0 Å². The third-order valence-corrected chi connectivity index (χ3v) is 6.43. The van der Waals surface area contributed by atoms with E-state index in [1.54, 1.807) is 42.7 Å². The highest BCUT2D eigenvalue weighted by molar-refractivity contribution is 7.19. The maximum Gasteiger partial charge on any atom is 0.325 e. The van der Waals surface area contributed by atoms with Crippen LogP contribution in [0, 0.1) is 0 Å². The quantitative estimate of drug-likeness (QED) is 0.447. The molecule has 162 valence electrons. The van der Waals surface area contributed by atoms with E-state index in [9.17, 15) is 9.59 Å². The van der Waals surface area contributed by atoms with Crippen LogP contribution < -0.4 is 15.8 Å². The maximum absolute atomic E-state index is 12.1. The molecule has 0 radical (unpaired) electrons. The first-order valence-corrected chi connectivity index (χ1v) is 11.0. The number of aromatic nitrogens is 2. The third kappa shape index (κ3) is 4.77. The van der Waals surface area contributed by atoms with Crippen molar-refractivity contribution in [3.8, 4) is 5.75 Å². The molecule has 1 aromatic carbocycles. The topological polar surface area (TPSA) is 116 Å². The van der Waals surface area contributed by atoms with Crippen molar-refractivity contribution in [2.75, 3.05) is 19.4 Å². The zero-order chi connectivity index (χ0) is 21.8. The number of fused-ring (bicyclic) bond motifs is 3. The second-order valence-corrected chi connectivity index (χ2v) is 8.43. The van der Waals surface area contributed by atoms with Gasteiger partial charge >= 0.3 is 5.97 Å². The summed E-state index contributed by atoms with van der Waals surface area (Å²) in [5.41, 5.74) is 7.92. The van der Waals surface area contributed by atoms with E-state index in [-0.39, 0.29) is 19.1 Å². The number of amides is 1. The number of hydrogen-bond acceptors (Lipinski definition) is 8. The van der Waals surface area contributed by atoms with Crippen LogP contribution in [0.1, 0.15) is 45.9 Å². The minimum Gasteiger partial charge on any atom is -0.497 e. The fourth-order valence-corrected chi connectivity index (χ4v) is 4.95. The number of rotatable bonds is 6. The zero-order valence-electron chi connectivity index (χ0n) is 17.3. The fourth-order valence-electron chi connectivity index (χ4n) is 3.67. The van der Waals surface area contributed by atoms with Crippen LogP contribution in [0.3, 0.4) is 0 Å². The number of carbonyl (C=O) groups is 2. The Kier molecular flexibility index (Phi) is 6.31. The zero-order valence-corrected chi connectivity index (χ0v) is 18.1. The van der Waals surface area contributed by atoms with Gasteiger partial charge in [-0.05, 0) is 55.5 Å². The van der Waals surface area contributed by atoms with Gasteiger partial charge < -0.3 is 20.5 Å². The van der Waals surface area contributed by atoms with Gasteiger partial charge in [-0.25, -0.2) is 9.97 Å². The van der Waals surface area contributed by atoms with Crippen molar-refractivity contribution in [3.63, 3.8) is 0 Å². The van der Waals surface area contributed by atoms with Crippen LogP contribution in [0.2, 0.25) is 0 Å². The monoisotopic (exact) mass is 440 g/mol. The number of ether oxygens (including phenoxy) is 2. The molecule has 0 unspecified atom stereocenters. The van der Waals surface area contributed by atoms with Crippen molar-refractivity contribution in [1.29, 1.82) is 0 Å². The van der Waals surface area contributed by atoms with E-state index < -0.39 is 5.97 Å². The van der Waals surface area contributed by atoms with Crippen molar-refractivity contribution in [2.45, 2.75) is 38.7 Å². The van der Waals surface area contributed by atoms with Gasteiger partial charge in [0.05, 0.1) is 12.5 Å². The number of benzene rings is 1. The van der Waals surface area contributed by atoms with Gasteiger partial charge in [-0.15, -0.1) is 11.3 Å². The van der Waals surface area contributed by atoms with Crippen LogP contribution in [0.25, 0.3) is 10.2 Å². The number of aryl methyl sites for hydroxylation is 2. The maximum atomic E-state index is 12.1. The lowest BCUT2D eigenvalue weighted by Gasteiger charge is -2.08. The molecule has 0 fully saturated rings. The molecule has 8 nitrogen and oxygen atoms in total. The van der Waals surface area contributed by atoms with E-state index in [2.05, 4.69) is 15.3 Å². The molecular formula is C22H24N4O4S. The lowest BCUT2D eigenvalue weighted by molar-refractivity contribution is -0.143. The van der Waals surface area contributed by atoms with Gasteiger partial charge in [-0.3, -0.25) is 9.59 Å². The smallest absolute Gasteiger partial charge is 0.325 e. The van der Waals surface area contributed by atoms with Crippen molar-refractivity contribution < 1.29 is 19.1 Å². The molecule has 0 spiro atoms. The van der Waals surface area contributed by atoms with E-state index in [0.29, 0.717) is 23.0 Å². The van der Waals surface area contributed by atoms with Crippen molar-refractivity contribution in [2.24, 2.45) is 0 Å². The van der Waals surface area contributed by atoms with E-state index in [1.165, 1.54) is 23.3 Å². The molecule has 0 atom stereocenters. The average Bonchev–Trinajstić information content (AvgIpc) is 2.97. The van der Waals surface area contributed by atoms with Crippen molar-refractivity contribution >= 4 is 39.2 Å². The van der Waals surface area contributed by atoms with Crippen LogP contribution in [0.15, 0.2) is 24.3 Å². The first kappa shape index (κ1) is 21.0. The highest BCUT2D eigenvalue weighted by Crippen LogP contribution is 2.37. The van der Waals surface area contributed by atoms with Gasteiger partial charge in [0.1, 0.15) is 22.9 Å². The SMILES string of the molecule is COc1ccc(C(=O)NCC(=O)OCc2nc(N)c3c4c(sc3n2)CCCCC4)cc1. The lowest BCUT2D eigenvalue weighted by Crippen LogP contribution is -2.30. The van der Waals surface area contributed by atoms with Gasteiger partial charge in [0, 0.05) is 10.4 Å². The molecule has 1 aliphatic rings. The largest absolute Gasteiger partial charge is 0.497 e. The molecule has 31 heavy (non-hydrogen) atoms. The second-order valence-electron chi connectivity index (χ2n) is 7.34. The summed E-state index contributed by atoms with van der Waals surface area (Å²) in [6.45, 7) is -0.351. The molecule has 2 aromatic heterocycles. The Labute approximate surface area is 183 Å². The molecule has 0 bridgehead atoms. The van der Waals surface area contributed by atoms with Gasteiger partial charge in [-0.2, -0.15) is 0 Å². The van der Waals surface area contributed by atoms with Crippen molar-refractivity contribution in [1.82, 2.24) is 15.3 Å². The number of anilines is 1. The van der Waals surface area contributed by atoms with Crippen LogP contribution in [0.5, 0.6) is 5.75 Å². The van der Waals surface area contributed by atoms with E-state index in [1.807, 2.05) is 0 Å². The van der Waals surface area contributed by atoms with Crippen LogP contribution in [-0.4, -0.2) is 35.5 Å². The predicted molar refractivity (Wildman–Crippen MR) is 118 cm³/mol. The minimum absolute atomic E-state index is 0.0973. The third-order valence-electron chi connectivity index (χ3n) is 5.25. The number of nitrogens with one attached hydrogen (secondary N) is 1. The van der Waals surface area contributed by atoms with Gasteiger partial charge in [-0.1, -0.05) is 6.42 Å². The molecule has 2 heterocycles. The molecule has 9 heteroatoms. The summed E-state index contributed by atoms with van der Waals surface area (Å²) >= 11 is 1.65. The van der Waals surface area contributed by atoms with Crippen molar-refractivity contribution in [3.05, 3.63) is 46.1 Å². The number of esters is 1. The Bertz CT molecular complexity index is 1110. The molecule has 4 rings (SSSR count). The number of thiophene rings is 1. The Hall–Kier alpha value is -3.20. The summed E-state index contributed by atoms with van der Waals surface area (Å²) in [6.07, 6.45) is 5.62. The summed E-state index contributed by atoms with van der Waals surface area (Å²) in [7, 11) is 1.55. The van der Waals surface area contributed by atoms with Crippen LogP contribution in [0.4, 0.5) is 5.82 Å². The Morgan fingerprint density at radius 2 is 1.90 bits per heavy atom. The van der Waals surface area contributed by atoms with Gasteiger partial charge in [0.15, 0.2) is 12.4 Å². The molecular weight excluding hydrogens is 416 g/mol. The molecule has 0 saturated carbocycles. The second kappa shape index (κ2) is 9.30. The first-order valence-electron chi connectivity index (χ1n) is 10.2. The first-order chi connectivity index (χ1) is 15.0. The molecule has 3 aromatic rings. The minimum atomic E-state index is -0.578. The number of nitrogens with zero attached hydrogens (tertiary/aromatic N) is 2. The highest BCUT2D eigenvalue weighted by Gasteiger charge is 2.19. The number of nitrogen functional groups attached to an aromatic ring is 1. The normalized spacial score (nSPS) is 13.3. The standard InChI is InChI=1S/C22H24N4O4S/c1-29-14-9-7-13(8-10-14)21(28)24-11-18(27)30-12-17-25-20(23)19-15-5-3-2-4-6-16(15)31-22(19)26-17/h7-10H,2-6,11-12H2,1H3,(H,24,28)(H2,23,25,26). The predicted octanol–water partition coefficient (Wildman–Crippen LogP) is 3.02. The Balaban J connectivity index is 1.35. The summed E-state index contributed by atoms with van der Waals surface area (Å²) in [6, 6.07) is 6.59. The Morgan fingerprint density at radius 1 is 1.13 bits per heavy atom. The molecule has 1 aliphatic carbocycles. The summed E-state index contributed by atoms with van der Waals surface area (Å²) in [5.74, 6) is 0.488.